The highest BCUT2D eigenvalue weighted by atomic mass is 19.1. The first kappa shape index (κ1) is 20.0. The number of benzene rings is 1. The second kappa shape index (κ2) is 7.35. The smallest absolute Gasteiger partial charge is 0.410 e. The maximum atomic E-state index is 15.0. The van der Waals surface area contributed by atoms with E-state index >= 15 is 4.39 Å². The van der Waals surface area contributed by atoms with Crippen LogP contribution in [0.5, 0.6) is 0 Å². The molecule has 2 atom stereocenters. The third-order valence-corrected chi connectivity index (χ3v) is 6.05. The van der Waals surface area contributed by atoms with Crippen LogP contribution in [0.15, 0.2) is 28.8 Å². The van der Waals surface area contributed by atoms with Crippen molar-refractivity contribution >= 4 is 17.0 Å². The Morgan fingerprint density at radius 3 is 2.84 bits per heavy atom. The summed E-state index contributed by atoms with van der Waals surface area (Å²) in [5, 5.41) is 5.33. The van der Waals surface area contributed by atoms with Gasteiger partial charge in [-0.25, -0.2) is 9.18 Å². The quantitative estimate of drug-likeness (QED) is 0.594. The summed E-state index contributed by atoms with van der Waals surface area (Å²) < 4.78 is 28.2. The van der Waals surface area contributed by atoms with Crippen molar-refractivity contribution in [3.05, 3.63) is 35.9 Å². The van der Waals surface area contributed by atoms with Crippen LogP contribution in [0, 0.1) is 0 Å². The molecule has 0 N–H and O–H groups in total. The highest BCUT2D eigenvalue weighted by Gasteiger charge is 2.38. The topological polar surface area (TPSA) is 73.4 Å². The Balaban J connectivity index is 1.38. The Bertz CT molecular complexity index is 1130. The third-order valence-electron chi connectivity index (χ3n) is 6.05. The van der Waals surface area contributed by atoms with Gasteiger partial charge >= 0.3 is 6.09 Å². The molecule has 1 saturated heterocycles. The number of nitrogens with zero attached hydrogens (tertiary/aromatic N) is 4. The second-order valence-electron chi connectivity index (χ2n) is 9.39. The number of carbonyl (C=O) groups excluding carboxylic acids is 1. The average Bonchev–Trinajstić information content (AvgIpc) is 3.42. The minimum atomic E-state index is -1.29. The zero-order valence-corrected chi connectivity index (χ0v) is 18.1. The monoisotopic (exact) mass is 426 g/mol. The van der Waals surface area contributed by atoms with Crippen molar-refractivity contribution in [3.63, 3.8) is 0 Å². The third kappa shape index (κ3) is 3.58. The molecule has 0 unspecified atom stereocenters. The van der Waals surface area contributed by atoms with Crippen molar-refractivity contribution in [2.45, 2.75) is 64.3 Å². The van der Waals surface area contributed by atoms with Crippen molar-refractivity contribution in [1.82, 2.24) is 19.6 Å². The number of ether oxygens (including phenoxy) is 1. The number of likely N-dealkylation sites (tertiary alicyclic amines) is 1. The summed E-state index contributed by atoms with van der Waals surface area (Å²) in [6.07, 6.45) is 0.694. The lowest BCUT2D eigenvalue weighted by Crippen LogP contribution is -2.46. The molecule has 1 aromatic carbocycles. The Morgan fingerprint density at radius 2 is 2.06 bits per heavy atom. The first-order valence-electron chi connectivity index (χ1n) is 10.9. The predicted molar refractivity (Wildman–Crippen MR) is 114 cm³/mol. The van der Waals surface area contributed by atoms with Gasteiger partial charge in [-0.2, -0.15) is 4.98 Å². The number of fused-ring (bicyclic) bond motifs is 3. The Hall–Kier alpha value is -2.90. The van der Waals surface area contributed by atoms with Crippen molar-refractivity contribution < 1.29 is 18.4 Å². The fraction of sp³-hybridized carbons (Fsp3) is 0.522. The molecule has 5 rings (SSSR count). The van der Waals surface area contributed by atoms with Crippen molar-refractivity contribution in [2.75, 3.05) is 13.1 Å². The number of amides is 1. The molecule has 164 valence electrons. The lowest BCUT2D eigenvalue weighted by molar-refractivity contribution is 0.00942. The van der Waals surface area contributed by atoms with E-state index in [2.05, 4.69) is 26.8 Å². The molecular formula is C23H27FN4O3. The minimum Gasteiger partial charge on any atom is -0.444 e. The van der Waals surface area contributed by atoms with Gasteiger partial charge in [-0.3, -0.25) is 0 Å². The summed E-state index contributed by atoms with van der Waals surface area (Å²) in [5.41, 5.74) is 2.77. The number of carbonyl (C=O) groups is 1. The van der Waals surface area contributed by atoms with Crippen LogP contribution < -0.4 is 0 Å². The molecule has 0 spiro atoms. The maximum absolute atomic E-state index is 15.0. The second-order valence-corrected chi connectivity index (χ2v) is 9.39. The van der Waals surface area contributed by atoms with Crippen LogP contribution in [0.4, 0.5) is 9.18 Å². The van der Waals surface area contributed by atoms with E-state index in [9.17, 15) is 4.79 Å². The summed E-state index contributed by atoms with van der Waals surface area (Å²) in [6.45, 7) is 6.73. The molecule has 31 heavy (non-hydrogen) atoms. The number of rotatable bonds is 2. The molecule has 8 heteroatoms. The van der Waals surface area contributed by atoms with E-state index in [1.54, 1.807) is 20.8 Å². The van der Waals surface area contributed by atoms with Crippen LogP contribution in [0.2, 0.25) is 0 Å². The molecule has 1 fully saturated rings. The van der Waals surface area contributed by atoms with Crippen molar-refractivity contribution in [2.24, 2.45) is 0 Å². The number of aryl methyl sites for hydroxylation is 1. The van der Waals surface area contributed by atoms with Gasteiger partial charge in [-0.15, -0.1) is 0 Å². The maximum Gasteiger partial charge on any atom is 0.410 e. The summed E-state index contributed by atoms with van der Waals surface area (Å²) in [4.78, 5) is 18.3. The highest BCUT2D eigenvalue weighted by molar-refractivity contribution is 5.96. The van der Waals surface area contributed by atoms with Crippen LogP contribution in [0.1, 0.15) is 51.1 Å². The van der Waals surface area contributed by atoms with E-state index in [4.69, 9.17) is 9.26 Å². The van der Waals surface area contributed by atoms with E-state index < -0.39 is 23.8 Å². The number of alkyl halides is 1. The first-order valence-corrected chi connectivity index (χ1v) is 10.9. The van der Waals surface area contributed by atoms with E-state index in [1.807, 2.05) is 12.1 Å². The first-order chi connectivity index (χ1) is 14.8. The van der Waals surface area contributed by atoms with Gasteiger partial charge in [0.15, 0.2) is 0 Å². The molecule has 0 saturated carbocycles. The van der Waals surface area contributed by atoms with Crippen LogP contribution in [0.3, 0.4) is 0 Å². The molecule has 4 heterocycles. The molecule has 0 bridgehead atoms. The van der Waals surface area contributed by atoms with E-state index in [0.29, 0.717) is 24.7 Å². The number of para-hydroxylation sites is 1. The van der Waals surface area contributed by atoms with Gasteiger partial charge in [0.2, 0.25) is 11.7 Å². The summed E-state index contributed by atoms with van der Waals surface area (Å²) in [6, 6.07) is 8.22. The number of hydrogen-bond acceptors (Lipinski definition) is 5. The molecule has 2 aliphatic heterocycles. The average molecular weight is 426 g/mol. The van der Waals surface area contributed by atoms with Crippen molar-refractivity contribution in [1.29, 1.82) is 0 Å². The van der Waals surface area contributed by atoms with Gasteiger partial charge in [0.05, 0.1) is 18.0 Å². The Kier molecular flexibility index (Phi) is 4.75. The number of halogens is 1. The fourth-order valence-corrected chi connectivity index (χ4v) is 4.69. The highest BCUT2D eigenvalue weighted by Crippen LogP contribution is 2.38. The largest absolute Gasteiger partial charge is 0.444 e. The lowest BCUT2D eigenvalue weighted by Gasteiger charge is -2.34. The molecule has 0 radical (unpaired) electrons. The molecular weight excluding hydrogens is 399 g/mol. The Labute approximate surface area is 180 Å². The standard InChI is InChI=1S/C23H27FN4O3/c1-23(2,3)30-22(29)27-12-10-14(16(24)13-27)21-25-20(26-31-21)19-15-7-4-5-8-17(15)28-11-6-9-18(19)28/h4-5,7-8,14,16H,6,9-13H2,1-3H3/t14-,16-/m0/s1. The molecule has 7 nitrogen and oxygen atoms in total. The SMILES string of the molecule is CC(C)(C)OC(=O)N1CC[C@H](c2nc(-c3c4n(c5ccccc35)CCC4)no2)[C@@H](F)C1. The van der Waals surface area contributed by atoms with Gasteiger partial charge < -0.3 is 18.7 Å². The van der Waals surface area contributed by atoms with Crippen LogP contribution in [-0.2, 0) is 17.7 Å². The van der Waals surface area contributed by atoms with Gasteiger partial charge in [-0.05, 0) is 46.1 Å². The van der Waals surface area contributed by atoms with E-state index in [0.717, 1.165) is 30.3 Å². The van der Waals surface area contributed by atoms with Gasteiger partial charge in [0, 0.05) is 29.7 Å². The summed E-state index contributed by atoms with van der Waals surface area (Å²) in [7, 11) is 0. The molecule has 0 aliphatic carbocycles. The van der Waals surface area contributed by atoms with E-state index in [-0.39, 0.29) is 6.54 Å². The molecule has 3 aromatic rings. The minimum absolute atomic E-state index is 0.0398. The van der Waals surface area contributed by atoms with Gasteiger partial charge in [0.25, 0.3) is 0 Å². The molecule has 1 amide bonds. The van der Waals surface area contributed by atoms with Crippen LogP contribution in [-0.4, -0.2) is 50.6 Å². The van der Waals surface area contributed by atoms with Gasteiger partial charge in [-0.1, -0.05) is 23.4 Å². The zero-order valence-electron chi connectivity index (χ0n) is 18.1. The van der Waals surface area contributed by atoms with Crippen molar-refractivity contribution in [3.8, 4) is 11.4 Å². The van der Waals surface area contributed by atoms with Crippen LogP contribution in [0.25, 0.3) is 22.3 Å². The van der Waals surface area contributed by atoms with Gasteiger partial charge in [0.1, 0.15) is 11.8 Å². The van der Waals surface area contributed by atoms with Crippen LogP contribution >= 0.6 is 0 Å². The Morgan fingerprint density at radius 1 is 1.26 bits per heavy atom. The number of hydrogen-bond donors (Lipinski definition) is 0. The number of piperidine rings is 1. The normalized spacial score (nSPS) is 21.5. The zero-order chi connectivity index (χ0) is 21.8. The number of aromatic nitrogens is 3. The lowest BCUT2D eigenvalue weighted by atomic mass is 9.95. The molecule has 2 aromatic heterocycles. The summed E-state index contributed by atoms with van der Waals surface area (Å²) >= 11 is 0. The summed E-state index contributed by atoms with van der Waals surface area (Å²) in [5.74, 6) is 0.291. The molecule has 2 aliphatic rings. The van der Waals surface area contributed by atoms with E-state index in [1.165, 1.54) is 16.1 Å². The fourth-order valence-electron chi connectivity index (χ4n) is 4.69. The predicted octanol–water partition coefficient (Wildman–Crippen LogP) is 4.70.